The molecule has 1 aromatic carbocycles. The van der Waals surface area contributed by atoms with E-state index in [9.17, 15) is 14.4 Å². The van der Waals surface area contributed by atoms with Crippen LogP contribution in [0.4, 0.5) is 10.5 Å². The highest BCUT2D eigenvalue weighted by atomic mass is 32.2. The van der Waals surface area contributed by atoms with Crippen molar-refractivity contribution >= 4 is 46.2 Å². The van der Waals surface area contributed by atoms with Gasteiger partial charge in [0.05, 0.1) is 17.1 Å². The molecule has 30 heavy (non-hydrogen) atoms. The van der Waals surface area contributed by atoms with E-state index in [2.05, 4.69) is 44.7 Å². The molecule has 160 valence electrons. The average molecular weight is 429 g/mol. The van der Waals surface area contributed by atoms with Gasteiger partial charge in [-0.3, -0.25) is 14.5 Å². The van der Waals surface area contributed by atoms with Crippen molar-refractivity contribution in [3.05, 3.63) is 40.3 Å². The lowest BCUT2D eigenvalue weighted by molar-refractivity contribution is -0.150. The number of benzene rings is 1. The van der Waals surface area contributed by atoms with E-state index in [-0.39, 0.29) is 12.1 Å². The molecule has 0 aliphatic carbocycles. The Balaban J connectivity index is 1.92. The van der Waals surface area contributed by atoms with E-state index in [0.29, 0.717) is 4.91 Å². The number of imide groups is 1. The lowest BCUT2D eigenvalue weighted by atomic mass is 9.88. The number of fused-ring (bicyclic) bond motifs is 1. The molecular formula is C23H28N2O4S. The van der Waals surface area contributed by atoms with Gasteiger partial charge in [-0.25, -0.2) is 4.79 Å². The smallest absolute Gasteiger partial charge is 0.329 e. The molecule has 0 saturated carbocycles. The van der Waals surface area contributed by atoms with Crippen LogP contribution in [0.1, 0.15) is 52.7 Å². The van der Waals surface area contributed by atoms with E-state index in [1.54, 1.807) is 13.0 Å². The number of anilines is 1. The second-order valence-electron chi connectivity index (χ2n) is 7.98. The van der Waals surface area contributed by atoms with Crippen molar-refractivity contribution in [3.8, 4) is 0 Å². The van der Waals surface area contributed by atoms with Crippen LogP contribution in [0.25, 0.3) is 11.6 Å². The van der Waals surface area contributed by atoms with E-state index in [4.69, 9.17) is 4.74 Å². The Labute approximate surface area is 181 Å². The van der Waals surface area contributed by atoms with Crippen molar-refractivity contribution in [1.29, 1.82) is 0 Å². The molecule has 0 bridgehead atoms. The minimum atomic E-state index is -0.947. The van der Waals surface area contributed by atoms with Gasteiger partial charge < -0.3 is 9.64 Å². The van der Waals surface area contributed by atoms with E-state index >= 15 is 0 Å². The quantitative estimate of drug-likeness (QED) is 0.500. The molecule has 1 atom stereocenters. The first-order chi connectivity index (χ1) is 14.1. The van der Waals surface area contributed by atoms with Gasteiger partial charge in [0.2, 0.25) is 0 Å². The summed E-state index contributed by atoms with van der Waals surface area (Å²) < 4.78 is 4.95. The number of carbonyl (C=O) groups excluding carboxylic acids is 3. The van der Waals surface area contributed by atoms with Crippen LogP contribution in [0.15, 0.2) is 29.2 Å². The molecule has 1 fully saturated rings. The molecule has 0 spiro atoms. The fourth-order valence-corrected chi connectivity index (χ4v) is 5.01. The van der Waals surface area contributed by atoms with Crippen LogP contribution in [0.3, 0.4) is 0 Å². The number of hydrogen-bond donors (Lipinski definition) is 0. The summed E-state index contributed by atoms with van der Waals surface area (Å²) in [5, 5.41) is -0.459. The van der Waals surface area contributed by atoms with E-state index < -0.39 is 23.2 Å². The number of rotatable bonds is 5. The third kappa shape index (κ3) is 3.90. The molecule has 2 heterocycles. The molecule has 2 aliphatic heterocycles. The van der Waals surface area contributed by atoms with Gasteiger partial charge in [-0.05, 0) is 82.6 Å². The molecule has 2 amide bonds. The van der Waals surface area contributed by atoms with Crippen molar-refractivity contribution in [1.82, 2.24) is 4.90 Å². The number of thioether (sulfide) groups is 1. The summed E-state index contributed by atoms with van der Waals surface area (Å²) in [5.74, 6) is -1.05. The number of likely N-dealkylation sites (N-methyl/N-ethyl adjacent to an activating group) is 1. The number of esters is 1. The minimum Gasteiger partial charge on any atom is -0.464 e. The van der Waals surface area contributed by atoms with Crippen LogP contribution < -0.4 is 4.90 Å². The first kappa shape index (κ1) is 22.2. The van der Waals surface area contributed by atoms with Crippen molar-refractivity contribution in [3.63, 3.8) is 0 Å². The Morgan fingerprint density at radius 1 is 1.27 bits per heavy atom. The molecule has 0 N–H and O–H groups in total. The van der Waals surface area contributed by atoms with Gasteiger partial charge in [0, 0.05) is 17.8 Å². The highest BCUT2D eigenvalue weighted by molar-refractivity contribution is 8.18. The Kier molecular flexibility index (Phi) is 6.13. The van der Waals surface area contributed by atoms with Gasteiger partial charge in [-0.15, -0.1) is 0 Å². The number of hydrogen-bond acceptors (Lipinski definition) is 6. The van der Waals surface area contributed by atoms with Crippen molar-refractivity contribution in [2.45, 2.75) is 53.1 Å². The zero-order valence-corrected chi connectivity index (χ0v) is 19.1. The van der Waals surface area contributed by atoms with E-state index in [0.717, 1.165) is 40.0 Å². The summed E-state index contributed by atoms with van der Waals surface area (Å²) in [7, 11) is 0. The van der Waals surface area contributed by atoms with Crippen LogP contribution in [-0.2, 0) is 14.3 Å². The van der Waals surface area contributed by atoms with Gasteiger partial charge in [0.25, 0.3) is 11.1 Å². The highest BCUT2D eigenvalue weighted by Crippen LogP contribution is 2.40. The monoisotopic (exact) mass is 428 g/mol. The summed E-state index contributed by atoms with van der Waals surface area (Å²) in [5.41, 5.74) is 4.22. The predicted molar refractivity (Wildman–Crippen MR) is 121 cm³/mol. The van der Waals surface area contributed by atoms with Crippen LogP contribution in [0.2, 0.25) is 0 Å². The first-order valence-corrected chi connectivity index (χ1v) is 11.0. The maximum absolute atomic E-state index is 12.8. The van der Waals surface area contributed by atoms with Gasteiger partial charge >= 0.3 is 5.97 Å². The van der Waals surface area contributed by atoms with Gasteiger partial charge in [-0.1, -0.05) is 12.1 Å². The number of nitrogens with zero attached hydrogens (tertiary/aromatic N) is 2. The summed E-state index contributed by atoms with van der Waals surface area (Å²) in [6.07, 6.45) is 3.96. The van der Waals surface area contributed by atoms with E-state index in [1.165, 1.54) is 12.5 Å². The number of amides is 2. The van der Waals surface area contributed by atoms with Gasteiger partial charge in [0.15, 0.2) is 0 Å². The summed E-state index contributed by atoms with van der Waals surface area (Å²) in [6.45, 7) is 12.9. The number of carbonyl (C=O) groups is 3. The molecule has 7 heteroatoms. The molecule has 3 rings (SSSR count). The Morgan fingerprint density at radius 3 is 2.60 bits per heavy atom. The Morgan fingerprint density at radius 2 is 1.97 bits per heavy atom. The van der Waals surface area contributed by atoms with Crippen molar-refractivity contribution in [2.24, 2.45) is 0 Å². The fourth-order valence-electron chi connectivity index (χ4n) is 4.10. The Hall–Kier alpha value is -2.54. The van der Waals surface area contributed by atoms with Gasteiger partial charge in [-0.2, -0.15) is 0 Å². The van der Waals surface area contributed by atoms with Crippen molar-refractivity contribution in [2.75, 3.05) is 18.1 Å². The van der Waals surface area contributed by atoms with Crippen LogP contribution in [0.5, 0.6) is 0 Å². The largest absolute Gasteiger partial charge is 0.464 e. The third-order valence-electron chi connectivity index (χ3n) is 5.45. The van der Waals surface area contributed by atoms with E-state index in [1.807, 2.05) is 12.1 Å². The lowest BCUT2D eigenvalue weighted by Gasteiger charge is -2.42. The first-order valence-electron chi connectivity index (χ1n) is 10.2. The molecule has 1 saturated heterocycles. The second kappa shape index (κ2) is 8.30. The minimum absolute atomic E-state index is 0.0702. The van der Waals surface area contributed by atoms with Crippen molar-refractivity contribution < 1.29 is 19.1 Å². The van der Waals surface area contributed by atoms with Gasteiger partial charge in [0.1, 0.15) is 6.04 Å². The second-order valence-corrected chi connectivity index (χ2v) is 8.97. The average Bonchev–Trinajstić information content (AvgIpc) is 2.94. The standard InChI is InChI=1S/C23H28N2O4S/c1-7-24-18-10-9-16(11-17(18)14(3)13-23(24,5)6)12-19-20(26)25(22(28)30-19)15(4)21(27)29-8-2/h9-13,15H,7-8H2,1-6H3/b19-12+. The molecule has 2 aliphatic rings. The highest BCUT2D eigenvalue weighted by Gasteiger charge is 2.41. The lowest BCUT2D eigenvalue weighted by Crippen LogP contribution is -2.44. The zero-order chi connectivity index (χ0) is 22.2. The SMILES string of the molecule is CCOC(=O)C(C)N1C(=O)S/C(=C/c2ccc3c(c2)C(C)=CC(C)(C)N3CC)C1=O. The molecular weight excluding hydrogens is 400 g/mol. The summed E-state index contributed by atoms with van der Waals surface area (Å²) in [4.78, 5) is 40.8. The summed E-state index contributed by atoms with van der Waals surface area (Å²) in [6, 6.07) is 5.12. The molecule has 6 nitrogen and oxygen atoms in total. The summed E-state index contributed by atoms with van der Waals surface area (Å²) >= 11 is 0.849. The topological polar surface area (TPSA) is 66.9 Å². The zero-order valence-electron chi connectivity index (χ0n) is 18.3. The van der Waals surface area contributed by atoms with Crippen LogP contribution in [0, 0.1) is 0 Å². The van der Waals surface area contributed by atoms with Crippen LogP contribution in [-0.4, -0.2) is 46.7 Å². The third-order valence-corrected chi connectivity index (χ3v) is 6.34. The Bertz CT molecular complexity index is 964. The van der Waals surface area contributed by atoms with Crippen LogP contribution >= 0.6 is 11.8 Å². The maximum atomic E-state index is 12.8. The number of allylic oxidation sites excluding steroid dienone is 1. The number of ether oxygens (including phenoxy) is 1. The molecule has 0 radical (unpaired) electrons. The molecule has 0 aromatic heterocycles. The molecule has 1 aromatic rings. The normalized spacial score (nSPS) is 20.3. The predicted octanol–water partition coefficient (Wildman–Crippen LogP) is 4.70. The molecule has 1 unspecified atom stereocenters. The maximum Gasteiger partial charge on any atom is 0.329 e. The fraction of sp³-hybridized carbons (Fsp3) is 0.435.